The Morgan fingerprint density at radius 3 is 1.78 bits per heavy atom. The molecule has 1 spiro atoms. The third-order valence-corrected chi connectivity index (χ3v) is 13.3. The van der Waals surface area contributed by atoms with Crippen molar-refractivity contribution in [3.63, 3.8) is 0 Å². The van der Waals surface area contributed by atoms with E-state index in [1.807, 2.05) is 0 Å². The maximum Gasteiger partial charge on any atom is 0.340 e. The van der Waals surface area contributed by atoms with Gasteiger partial charge in [-0.1, -0.05) is 50.2 Å². The minimum Gasteiger partial charge on any atom is -0.465 e. The van der Waals surface area contributed by atoms with Crippen LogP contribution in [-0.4, -0.2) is 124 Å². The summed E-state index contributed by atoms with van der Waals surface area (Å²) < 4.78 is 56.6. The molecule has 2 saturated carbocycles. The predicted octanol–water partition coefficient (Wildman–Crippen LogP) is 3.62. The first-order chi connectivity index (χ1) is 31.6. The maximum atomic E-state index is 14.8. The van der Waals surface area contributed by atoms with Crippen molar-refractivity contribution in [2.45, 2.75) is 115 Å². The molecule has 0 unspecified atom stereocenters. The second-order valence-electron chi connectivity index (χ2n) is 17.7. The van der Waals surface area contributed by atoms with Gasteiger partial charge in [0, 0.05) is 39.8 Å². The normalized spacial score (nSPS) is 34.1. The van der Waals surface area contributed by atoms with Crippen LogP contribution in [0, 0.1) is 17.3 Å². The van der Waals surface area contributed by atoms with Crippen LogP contribution < -0.4 is 0 Å². The van der Waals surface area contributed by atoms with Gasteiger partial charge in [0.15, 0.2) is 30.0 Å². The molecule has 356 valence electrons. The van der Waals surface area contributed by atoms with Crippen molar-refractivity contribution in [2.24, 2.45) is 17.3 Å². The van der Waals surface area contributed by atoms with E-state index in [0.717, 1.165) is 34.6 Å². The van der Waals surface area contributed by atoms with Gasteiger partial charge in [-0.05, 0) is 50.2 Å². The highest BCUT2D eigenvalue weighted by molar-refractivity contribution is 5.92. The van der Waals surface area contributed by atoms with Gasteiger partial charge in [0.05, 0.1) is 34.2 Å². The first kappa shape index (κ1) is 48.2. The number of aromatic nitrogens is 1. The fraction of sp³-hybridized carbons (Fsp3) is 0.479. The number of nitrogens with zero attached hydrogens (tertiary/aromatic N) is 1. The molecule has 0 radical (unpaired) electrons. The van der Waals surface area contributed by atoms with Gasteiger partial charge in [-0.3, -0.25) is 29.0 Å². The van der Waals surface area contributed by atoms with E-state index >= 15 is 0 Å². The molecule has 7 rings (SSSR count). The summed E-state index contributed by atoms with van der Waals surface area (Å²) in [6.07, 6.45) is -11.1. The van der Waals surface area contributed by atoms with Gasteiger partial charge in [0.1, 0.15) is 42.0 Å². The zero-order valence-electron chi connectivity index (χ0n) is 38.0. The number of ether oxygens (including phenoxy) is 9. The van der Waals surface area contributed by atoms with Gasteiger partial charge in [-0.15, -0.1) is 0 Å². The molecule has 1 aromatic heterocycles. The molecule has 4 aliphatic rings. The monoisotopic (exact) mass is 929 g/mol. The van der Waals surface area contributed by atoms with Gasteiger partial charge in [-0.2, -0.15) is 0 Å². The molecule has 2 aliphatic carbocycles. The molecule has 1 N–H and O–H groups in total. The maximum absolute atomic E-state index is 14.8. The number of cyclic esters (lactones) is 1. The number of carbonyl (C=O) groups excluding carboxylic acids is 8. The second-order valence-corrected chi connectivity index (χ2v) is 17.7. The highest BCUT2D eigenvalue weighted by Crippen LogP contribution is 2.70. The van der Waals surface area contributed by atoms with Crippen LogP contribution >= 0.6 is 0 Å². The van der Waals surface area contributed by atoms with Crippen molar-refractivity contribution in [3.05, 3.63) is 101 Å². The van der Waals surface area contributed by atoms with Crippen LogP contribution in [0.1, 0.15) is 98.1 Å². The third kappa shape index (κ3) is 8.17. The average Bonchev–Trinajstić information content (AvgIpc) is 3.51. The van der Waals surface area contributed by atoms with Crippen LogP contribution in [-0.2, 0) is 66.6 Å². The molecule has 67 heavy (non-hydrogen) atoms. The van der Waals surface area contributed by atoms with E-state index < -0.39 is 138 Å². The largest absolute Gasteiger partial charge is 0.465 e. The smallest absolute Gasteiger partial charge is 0.340 e. The van der Waals surface area contributed by atoms with Crippen molar-refractivity contribution in [1.29, 1.82) is 0 Å². The van der Waals surface area contributed by atoms with Crippen molar-refractivity contribution in [3.8, 4) is 0 Å². The van der Waals surface area contributed by atoms with Crippen LogP contribution in [0.3, 0.4) is 0 Å². The zero-order valence-corrected chi connectivity index (χ0v) is 38.0. The second kappa shape index (κ2) is 18.2. The molecule has 19 heteroatoms. The molecule has 4 bridgehead atoms. The lowest BCUT2D eigenvalue weighted by atomic mass is 9.45. The molecular weight excluding hydrogens is 879 g/mol. The van der Waals surface area contributed by atoms with Crippen molar-refractivity contribution in [1.82, 2.24) is 4.98 Å². The van der Waals surface area contributed by atoms with Gasteiger partial charge in [0.2, 0.25) is 0 Å². The van der Waals surface area contributed by atoms with E-state index in [0.29, 0.717) is 0 Å². The fourth-order valence-electron chi connectivity index (χ4n) is 10.4. The molecule has 3 aromatic rings. The molecule has 2 aliphatic heterocycles. The molecule has 3 fully saturated rings. The number of carbonyl (C=O) groups is 8. The highest BCUT2D eigenvalue weighted by Gasteiger charge is 2.92. The molecule has 0 amide bonds. The Balaban J connectivity index is 1.65. The Kier molecular flexibility index (Phi) is 13.1. The lowest BCUT2D eigenvalue weighted by Gasteiger charge is -2.67. The first-order valence-electron chi connectivity index (χ1n) is 21.5. The van der Waals surface area contributed by atoms with Crippen LogP contribution in [0.15, 0.2) is 79.0 Å². The summed E-state index contributed by atoms with van der Waals surface area (Å²) in [5, 5.41) is 13.9. The SMILES string of the molecule is CC(=O)OC[C@]12[C@H](OC(C)=O)[C@H](OC(C)=O)[C@@H]3[C@@H](OC(=O)c4ccccc4)[C@@]14O[C@@]3(C)COC(=O)c1cccnc1[C@H](C)[C@H](C)C(=O)O[C@@H]([C@H](OC(C)=O)[C@@H]2OC(=O)c1ccccc1)[C@]4(C)O. The Morgan fingerprint density at radius 1 is 0.687 bits per heavy atom. The molecule has 19 nitrogen and oxygen atoms in total. The van der Waals surface area contributed by atoms with E-state index in [9.17, 15) is 43.5 Å². The van der Waals surface area contributed by atoms with Gasteiger partial charge in [-0.25, -0.2) is 14.4 Å². The minimum atomic E-state index is -2.91. The number of fused-ring (bicyclic) bond motifs is 5. The predicted molar refractivity (Wildman–Crippen MR) is 225 cm³/mol. The fourth-order valence-corrected chi connectivity index (χ4v) is 10.4. The standard InChI is InChI=1S/C48H51NO18/c1-24-25(2)41(54)65-38-36(62-28(5)52)40(66-43(56)31-18-13-10-14-19-31)47(23-59-26(3)50)39(63-29(6)53)35(61-27(4)51)33-37(64-42(55)30-16-11-9-12-17-30)48(47,46(38,8)58)67-45(33,7)22-60-44(57)32-20-15-21-49-34(24)32/h9-21,24-25,33,35-40,58H,22-23H2,1-8H3/t24-,25+,33-,35-,36+,37-,38+,39-,40+,45+,46+,47-,48+/m1/s1. The number of rotatable bonds is 9. The summed E-state index contributed by atoms with van der Waals surface area (Å²) in [6.45, 7) is 7.66. The summed E-state index contributed by atoms with van der Waals surface area (Å²) in [7, 11) is 0. The van der Waals surface area contributed by atoms with Gasteiger partial charge >= 0.3 is 47.8 Å². The number of aliphatic hydroxyl groups is 1. The van der Waals surface area contributed by atoms with E-state index in [4.69, 9.17) is 42.6 Å². The quantitative estimate of drug-likeness (QED) is 0.238. The third-order valence-electron chi connectivity index (χ3n) is 13.3. The number of esters is 8. The van der Waals surface area contributed by atoms with Crippen molar-refractivity contribution >= 4 is 47.8 Å². The van der Waals surface area contributed by atoms with Crippen LogP contribution in [0.2, 0.25) is 0 Å². The molecule has 2 aromatic carbocycles. The highest BCUT2D eigenvalue weighted by atomic mass is 16.7. The number of hydrogen-bond donors (Lipinski definition) is 1. The number of pyridine rings is 1. The molecule has 3 heterocycles. The summed E-state index contributed by atoms with van der Waals surface area (Å²) in [4.78, 5) is 116. The first-order valence-corrected chi connectivity index (χ1v) is 21.5. The van der Waals surface area contributed by atoms with E-state index in [2.05, 4.69) is 4.98 Å². The number of benzene rings is 2. The number of hydrogen-bond acceptors (Lipinski definition) is 19. The van der Waals surface area contributed by atoms with Crippen LogP contribution in [0.5, 0.6) is 0 Å². The van der Waals surface area contributed by atoms with E-state index in [-0.39, 0.29) is 22.4 Å². The molecular formula is C48H51NO18. The lowest BCUT2D eigenvalue weighted by molar-refractivity contribution is -0.385. The Labute approximate surface area is 384 Å². The zero-order chi connectivity index (χ0) is 48.8. The Morgan fingerprint density at radius 2 is 1.22 bits per heavy atom. The van der Waals surface area contributed by atoms with Crippen LogP contribution in [0.25, 0.3) is 0 Å². The topological polar surface area (TPSA) is 253 Å². The Bertz CT molecular complexity index is 2460. The molecule has 1 saturated heterocycles. The van der Waals surface area contributed by atoms with E-state index in [1.165, 1.54) is 68.6 Å². The Hall–Kier alpha value is -6.73. The van der Waals surface area contributed by atoms with Gasteiger partial charge < -0.3 is 47.7 Å². The molecule has 13 atom stereocenters. The summed E-state index contributed by atoms with van der Waals surface area (Å²) in [5.41, 5.74) is -10.7. The van der Waals surface area contributed by atoms with Crippen molar-refractivity contribution < 1.29 is 86.1 Å². The summed E-state index contributed by atoms with van der Waals surface area (Å²) >= 11 is 0. The van der Waals surface area contributed by atoms with Crippen LogP contribution in [0.4, 0.5) is 0 Å². The lowest BCUT2D eigenvalue weighted by Crippen LogP contribution is -2.89. The van der Waals surface area contributed by atoms with E-state index in [1.54, 1.807) is 31.2 Å². The minimum absolute atomic E-state index is 0.0377. The van der Waals surface area contributed by atoms with Crippen molar-refractivity contribution in [2.75, 3.05) is 13.2 Å². The average molecular weight is 930 g/mol. The summed E-state index contributed by atoms with van der Waals surface area (Å²) in [6, 6.07) is 17.8. The van der Waals surface area contributed by atoms with Gasteiger partial charge in [0.25, 0.3) is 0 Å². The summed E-state index contributed by atoms with van der Waals surface area (Å²) in [5.74, 6) is -12.1.